The quantitative estimate of drug-likeness (QED) is 0.588. The summed E-state index contributed by atoms with van der Waals surface area (Å²) in [7, 11) is 0. The molecule has 2 fully saturated rings. The van der Waals surface area contributed by atoms with Crippen molar-refractivity contribution in [3.63, 3.8) is 0 Å². The molecule has 0 radical (unpaired) electrons. The van der Waals surface area contributed by atoms with Crippen molar-refractivity contribution in [2.75, 3.05) is 11.5 Å². The largest absolute Gasteiger partial charge is 0.376 e. The Balaban J connectivity index is 1.58. The average Bonchev–Trinajstić information content (AvgIpc) is 3.52. The maximum Gasteiger partial charge on any atom is 0.174 e. The Morgan fingerprint density at radius 1 is 1.23 bits per heavy atom. The Hall–Kier alpha value is -2.77. The Labute approximate surface area is 186 Å². The number of nitrogens with zero attached hydrogens (tertiary/aromatic N) is 3. The predicted octanol–water partition coefficient (Wildman–Crippen LogP) is 4.69. The van der Waals surface area contributed by atoms with E-state index in [9.17, 15) is 4.39 Å². The molecule has 0 bridgehead atoms. The van der Waals surface area contributed by atoms with Gasteiger partial charge in [-0.15, -0.1) is 0 Å². The van der Waals surface area contributed by atoms with Crippen LogP contribution in [0.5, 0.6) is 0 Å². The van der Waals surface area contributed by atoms with Gasteiger partial charge in [-0.1, -0.05) is 6.07 Å². The molecular weight excluding hydrogens is 411 g/mol. The lowest BCUT2D eigenvalue weighted by Gasteiger charge is -2.29. The Morgan fingerprint density at radius 3 is 2.87 bits per heavy atom. The normalized spacial score (nSPS) is 23.4. The molecule has 1 N–H and O–H groups in total. The average molecular weight is 437 g/mol. The van der Waals surface area contributed by atoms with E-state index in [0.717, 1.165) is 43.1 Å². The minimum Gasteiger partial charge on any atom is -0.376 e. The van der Waals surface area contributed by atoms with Crippen LogP contribution in [0.1, 0.15) is 41.9 Å². The molecule has 3 aromatic rings. The first kappa shape index (κ1) is 20.2. The van der Waals surface area contributed by atoms with Crippen molar-refractivity contribution in [3.8, 4) is 0 Å². The number of hydrogen-bond donors (Lipinski definition) is 1. The summed E-state index contributed by atoms with van der Waals surface area (Å²) in [4.78, 5) is 6.69. The highest BCUT2D eigenvalue weighted by Crippen LogP contribution is 2.42. The molecule has 5 rings (SSSR count). The molecule has 2 aliphatic rings. The molecule has 2 aromatic heterocycles. The van der Waals surface area contributed by atoms with Crippen LogP contribution in [0.2, 0.25) is 0 Å². The zero-order valence-electron chi connectivity index (χ0n) is 17.4. The predicted molar refractivity (Wildman–Crippen MR) is 122 cm³/mol. The van der Waals surface area contributed by atoms with Gasteiger partial charge in [0.2, 0.25) is 0 Å². The summed E-state index contributed by atoms with van der Waals surface area (Å²) >= 11 is 5.77. The van der Waals surface area contributed by atoms with Crippen LogP contribution >= 0.6 is 12.2 Å². The van der Waals surface area contributed by atoms with E-state index < -0.39 is 0 Å². The number of ether oxygens (including phenoxy) is 1. The van der Waals surface area contributed by atoms with E-state index in [-0.39, 0.29) is 24.0 Å². The van der Waals surface area contributed by atoms with Crippen LogP contribution in [-0.4, -0.2) is 27.4 Å². The van der Waals surface area contributed by atoms with Crippen LogP contribution in [0.25, 0.3) is 0 Å². The van der Waals surface area contributed by atoms with E-state index in [1.165, 1.54) is 6.07 Å². The Bertz CT molecular complexity index is 1080. The lowest BCUT2D eigenvalue weighted by Crippen LogP contribution is -2.31. The van der Waals surface area contributed by atoms with Crippen LogP contribution < -0.4 is 10.2 Å². The Morgan fingerprint density at radius 2 is 2.13 bits per heavy atom. The maximum absolute atomic E-state index is 14.0. The number of anilines is 1. The fraction of sp³-hybridized carbons (Fsp3) is 0.333. The smallest absolute Gasteiger partial charge is 0.174 e. The van der Waals surface area contributed by atoms with Crippen molar-refractivity contribution in [1.82, 2.24) is 14.9 Å². The van der Waals surface area contributed by atoms with Gasteiger partial charge in [-0.2, -0.15) is 0 Å². The topological polar surface area (TPSA) is 42.3 Å². The summed E-state index contributed by atoms with van der Waals surface area (Å²) in [6.07, 6.45) is 6.30. The molecule has 3 atom stereocenters. The van der Waals surface area contributed by atoms with Crippen molar-refractivity contribution < 1.29 is 9.13 Å². The van der Waals surface area contributed by atoms with Crippen molar-refractivity contribution >= 4 is 23.0 Å². The van der Waals surface area contributed by atoms with E-state index >= 15 is 0 Å². The molecule has 7 heteroatoms. The van der Waals surface area contributed by atoms with Crippen LogP contribution in [-0.2, 0) is 11.3 Å². The fourth-order valence-corrected chi connectivity index (χ4v) is 4.93. The third-order valence-corrected chi connectivity index (χ3v) is 6.42. The first-order valence-corrected chi connectivity index (χ1v) is 11.1. The monoisotopic (exact) mass is 436 g/mol. The molecule has 5 nitrogen and oxygen atoms in total. The number of halogens is 1. The van der Waals surface area contributed by atoms with Crippen molar-refractivity contribution in [3.05, 3.63) is 83.7 Å². The summed E-state index contributed by atoms with van der Waals surface area (Å²) in [5.74, 6) is -0.221. The molecule has 0 saturated carbocycles. The standard InChI is InChI=1S/C24H25FN4OS/c1-16-14-17(9-10-19(16)25)29-23(22(27-24(29)31)20-7-2-3-11-26-20)21-8-4-12-28(21)15-18-6-5-13-30-18/h2-4,7-12,14,18,22-23H,5-6,13,15H2,1H3,(H,27,31)/t18-,22+,23+/m0/s1. The summed E-state index contributed by atoms with van der Waals surface area (Å²) < 4.78 is 22.1. The van der Waals surface area contributed by atoms with Crippen LogP contribution in [0, 0.1) is 12.7 Å². The molecule has 0 spiro atoms. The first-order chi connectivity index (χ1) is 15.1. The number of thiocarbonyl (C=S) groups is 1. The lowest BCUT2D eigenvalue weighted by molar-refractivity contribution is 0.0961. The van der Waals surface area contributed by atoms with Gasteiger partial charge >= 0.3 is 0 Å². The number of hydrogen-bond acceptors (Lipinski definition) is 3. The second kappa shape index (κ2) is 8.40. The maximum atomic E-state index is 14.0. The van der Waals surface area contributed by atoms with E-state index in [1.807, 2.05) is 24.3 Å². The van der Waals surface area contributed by atoms with Gasteiger partial charge in [0.05, 0.1) is 17.8 Å². The molecule has 2 aliphatic heterocycles. The molecule has 2 saturated heterocycles. The van der Waals surface area contributed by atoms with Gasteiger partial charge in [0.25, 0.3) is 0 Å². The molecule has 0 amide bonds. The third-order valence-electron chi connectivity index (χ3n) is 6.11. The highest BCUT2D eigenvalue weighted by molar-refractivity contribution is 7.80. The SMILES string of the molecule is Cc1cc(N2C(=S)N[C@H](c3ccccn3)[C@H]2c2cccn2C[C@@H]2CCCO2)ccc1F. The highest BCUT2D eigenvalue weighted by atomic mass is 32.1. The van der Waals surface area contributed by atoms with Gasteiger partial charge in [-0.25, -0.2) is 4.39 Å². The van der Waals surface area contributed by atoms with E-state index in [1.54, 1.807) is 19.2 Å². The zero-order chi connectivity index (χ0) is 21.4. The molecular formula is C24H25FN4OS. The summed E-state index contributed by atoms with van der Waals surface area (Å²) in [5, 5.41) is 4.08. The summed E-state index contributed by atoms with van der Waals surface area (Å²) in [6.45, 7) is 3.40. The van der Waals surface area contributed by atoms with Gasteiger partial charge in [0.15, 0.2) is 5.11 Å². The number of pyridine rings is 1. The summed E-state index contributed by atoms with van der Waals surface area (Å²) in [6, 6.07) is 15.0. The van der Waals surface area contributed by atoms with Crippen LogP contribution in [0.3, 0.4) is 0 Å². The van der Waals surface area contributed by atoms with Crippen LogP contribution in [0.15, 0.2) is 60.9 Å². The van der Waals surface area contributed by atoms with Crippen molar-refractivity contribution in [2.45, 2.75) is 44.5 Å². The van der Waals surface area contributed by atoms with Crippen LogP contribution in [0.4, 0.5) is 10.1 Å². The van der Waals surface area contributed by atoms with Gasteiger partial charge in [-0.3, -0.25) is 4.98 Å². The Kier molecular flexibility index (Phi) is 5.46. The highest BCUT2D eigenvalue weighted by Gasteiger charge is 2.42. The molecule has 0 unspecified atom stereocenters. The van der Waals surface area contributed by atoms with Crippen molar-refractivity contribution in [2.24, 2.45) is 0 Å². The second-order valence-electron chi connectivity index (χ2n) is 8.15. The van der Waals surface area contributed by atoms with Gasteiger partial charge < -0.3 is 19.5 Å². The fourth-order valence-electron chi connectivity index (χ4n) is 4.58. The van der Waals surface area contributed by atoms with Gasteiger partial charge in [0.1, 0.15) is 11.9 Å². The molecule has 1 aromatic carbocycles. The van der Waals surface area contributed by atoms with Crippen molar-refractivity contribution in [1.29, 1.82) is 0 Å². The lowest BCUT2D eigenvalue weighted by atomic mass is 10.0. The third kappa shape index (κ3) is 3.83. The summed E-state index contributed by atoms with van der Waals surface area (Å²) in [5.41, 5.74) is 3.50. The van der Waals surface area contributed by atoms with E-state index in [4.69, 9.17) is 17.0 Å². The molecule has 31 heavy (non-hydrogen) atoms. The molecule has 4 heterocycles. The number of nitrogens with one attached hydrogen (secondary N) is 1. The first-order valence-electron chi connectivity index (χ1n) is 10.7. The van der Waals surface area contributed by atoms with E-state index in [0.29, 0.717) is 10.7 Å². The number of rotatable bonds is 5. The second-order valence-corrected chi connectivity index (χ2v) is 8.54. The number of aromatic nitrogens is 2. The molecule has 160 valence electrons. The number of benzene rings is 1. The number of aryl methyl sites for hydroxylation is 1. The van der Waals surface area contributed by atoms with Gasteiger partial charge in [0, 0.05) is 36.9 Å². The minimum absolute atomic E-state index is 0.122. The zero-order valence-corrected chi connectivity index (χ0v) is 18.2. The van der Waals surface area contributed by atoms with Gasteiger partial charge in [-0.05, 0) is 80.0 Å². The van der Waals surface area contributed by atoms with E-state index in [2.05, 4.69) is 38.1 Å². The molecule has 0 aliphatic carbocycles. The minimum atomic E-state index is -0.221.